The van der Waals surface area contributed by atoms with Crippen molar-refractivity contribution in [2.75, 3.05) is 26.3 Å². The van der Waals surface area contributed by atoms with E-state index in [9.17, 15) is 9.90 Å². The van der Waals surface area contributed by atoms with Gasteiger partial charge in [0.15, 0.2) is 0 Å². The predicted molar refractivity (Wildman–Crippen MR) is 114 cm³/mol. The van der Waals surface area contributed by atoms with Crippen molar-refractivity contribution in [2.24, 2.45) is 5.92 Å². The third kappa shape index (κ3) is 9.71. The quantitative estimate of drug-likeness (QED) is 0.410. The van der Waals surface area contributed by atoms with Crippen molar-refractivity contribution >= 4 is 5.91 Å². The highest BCUT2D eigenvalue weighted by atomic mass is 16.5. The molecular weight excluding hydrogens is 354 g/mol. The molecule has 0 aromatic rings. The summed E-state index contributed by atoms with van der Waals surface area (Å²) in [5, 5.41) is 9.51. The fourth-order valence-electron chi connectivity index (χ4n) is 3.68. The second-order valence-corrected chi connectivity index (χ2v) is 9.57. The van der Waals surface area contributed by atoms with Crippen molar-refractivity contribution in [1.29, 1.82) is 0 Å². The Morgan fingerprint density at radius 2 is 1.54 bits per heavy atom. The van der Waals surface area contributed by atoms with Crippen molar-refractivity contribution in [1.82, 2.24) is 4.90 Å². The molecule has 1 aliphatic carbocycles. The Morgan fingerprint density at radius 1 is 0.929 bits per heavy atom. The lowest BCUT2D eigenvalue weighted by molar-refractivity contribution is -0.144. The van der Waals surface area contributed by atoms with Gasteiger partial charge in [-0.3, -0.25) is 4.79 Å². The Kier molecular flexibility index (Phi) is 11.0. The summed E-state index contributed by atoms with van der Waals surface area (Å²) in [6, 6.07) is 0. The number of aliphatic hydroxyl groups is 1. The lowest BCUT2D eigenvalue weighted by atomic mass is 9.81. The largest absolute Gasteiger partial charge is 0.393 e. The van der Waals surface area contributed by atoms with Crippen molar-refractivity contribution in [3.05, 3.63) is 0 Å². The van der Waals surface area contributed by atoms with Crippen LogP contribution in [0.2, 0.25) is 0 Å². The first kappa shape index (κ1) is 25.4. The molecule has 0 saturated heterocycles. The normalized spacial score (nSPS) is 20.1. The topological polar surface area (TPSA) is 59.0 Å². The summed E-state index contributed by atoms with van der Waals surface area (Å²) in [6.07, 6.45) is 7.24. The fraction of sp³-hybridized carbons (Fsp3) is 0.957. The van der Waals surface area contributed by atoms with E-state index in [2.05, 4.69) is 41.5 Å². The van der Waals surface area contributed by atoms with Gasteiger partial charge in [0, 0.05) is 19.0 Å². The van der Waals surface area contributed by atoms with Crippen LogP contribution in [-0.2, 0) is 14.3 Å². The minimum Gasteiger partial charge on any atom is -0.393 e. The van der Waals surface area contributed by atoms with Crippen LogP contribution in [0.5, 0.6) is 0 Å². The molecule has 0 aromatic carbocycles. The van der Waals surface area contributed by atoms with Gasteiger partial charge in [-0.1, -0.05) is 33.1 Å². The molecule has 1 rings (SSSR count). The number of amides is 1. The van der Waals surface area contributed by atoms with Crippen LogP contribution in [0.25, 0.3) is 0 Å². The molecule has 1 amide bonds. The zero-order chi connectivity index (χ0) is 21.2. The molecule has 1 aliphatic rings. The van der Waals surface area contributed by atoms with Gasteiger partial charge < -0.3 is 19.5 Å². The van der Waals surface area contributed by atoms with Gasteiger partial charge in [0.2, 0.25) is 5.91 Å². The van der Waals surface area contributed by atoms with Crippen LogP contribution in [0.4, 0.5) is 0 Å². The summed E-state index contributed by atoms with van der Waals surface area (Å²) >= 11 is 0. The third-order valence-corrected chi connectivity index (χ3v) is 5.71. The van der Waals surface area contributed by atoms with E-state index in [1.807, 2.05) is 4.90 Å². The molecular formula is C23H45NO4. The molecule has 0 atom stereocenters. The molecule has 0 aliphatic heterocycles. The molecule has 1 fully saturated rings. The van der Waals surface area contributed by atoms with Crippen LogP contribution < -0.4 is 0 Å². The number of hydrogen-bond donors (Lipinski definition) is 1. The number of ether oxygens (including phenoxy) is 2. The number of rotatable bonds is 15. The van der Waals surface area contributed by atoms with Gasteiger partial charge in [-0.05, 0) is 59.8 Å². The zero-order valence-corrected chi connectivity index (χ0v) is 19.3. The van der Waals surface area contributed by atoms with E-state index in [1.54, 1.807) is 0 Å². The maximum absolute atomic E-state index is 12.7. The summed E-state index contributed by atoms with van der Waals surface area (Å²) in [5.74, 6) is 0.186. The van der Waals surface area contributed by atoms with Gasteiger partial charge in [-0.25, -0.2) is 0 Å². The van der Waals surface area contributed by atoms with Crippen molar-refractivity contribution in [3.63, 3.8) is 0 Å². The molecule has 0 aromatic heterocycles. The van der Waals surface area contributed by atoms with Crippen LogP contribution in [0.15, 0.2) is 0 Å². The SMILES string of the molecule is CCCCCN(CCOC(C)(C)CCOC(C)(C)CCC)C(=O)C1CC(O)C1. The van der Waals surface area contributed by atoms with E-state index in [1.165, 1.54) is 0 Å². The first-order valence-corrected chi connectivity index (χ1v) is 11.3. The number of unbranched alkanes of at least 4 members (excludes halogenated alkanes) is 2. The van der Waals surface area contributed by atoms with Crippen molar-refractivity contribution in [3.8, 4) is 0 Å². The van der Waals surface area contributed by atoms with E-state index in [4.69, 9.17) is 9.47 Å². The molecule has 1 saturated carbocycles. The van der Waals surface area contributed by atoms with Gasteiger partial charge >= 0.3 is 0 Å². The number of aliphatic hydroxyl groups excluding tert-OH is 1. The molecule has 0 heterocycles. The highest BCUT2D eigenvalue weighted by molar-refractivity contribution is 5.79. The summed E-state index contributed by atoms with van der Waals surface area (Å²) in [6.45, 7) is 15.4. The Morgan fingerprint density at radius 3 is 2.11 bits per heavy atom. The van der Waals surface area contributed by atoms with Gasteiger partial charge in [0.05, 0.1) is 30.5 Å². The highest BCUT2D eigenvalue weighted by Crippen LogP contribution is 2.29. The van der Waals surface area contributed by atoms with Crippen molar-refractivity contribution < 1.29 is 19.4 Å². The maximum Gasteiger partial charge on any atom is 0.225 e. The van der Waals surface area contributed by atoms with Crippen LogP contribution in [-0.4, -0.2) is 59.5 Å². The molecule has 0 radical (unpaired) electrons. The number of nitrogens with zero attached hydrogens (tertiary/aromatic N) is 1. The smallest absolute Gasteiger partial charge is 0.225 e. The summed E-state index contributed by atoms with van der Waals surface area (Å²) in [4.78, 5) is 14.7. The predicted octanol–water partition coefficient (Wildman–Crippen LogP) is 4.56. The van der Waals surface area contributed by atoms with Crippen LogP contribution in [0.1, 0.15) is 92.9 Å². The number of carbonyl (C=O) groups is 1. The molecule has 166 valence electrons. The Balaban J connectivity index is 2.39. The van der Waals surface area contributed by atoms with Crippen LogP contribution in [0.3, 0.4) is 0 Å². The Hall–Kier alpha value is -0.650. The van der Waals surface area contributed by atoms with E-state index >= 15 is 0 Å². The monoisotopic (exact) mass is 399 g/mol. The van der Waals surface area contributed by atoms with E-state index in [0.717, 1.165) is 45.1 Å². The minimum atomic E-state index is -0.293. The van der Waals surface area contributed by atoms with E-state index in [0.29, 0.717) is 32.6 Å². The lowest BCUT2D eigenvalue weighted by Gasteiger charge is -2.35. The molecule has 0 spiro atoms. The summed E-state index contributed by atoms with van der Waals surface area (Å²) < 4.78 is 12.2. The van der Waals surface area contributed by atoms with Crippen LogP contribution in [0, 0.1) is 5.92 Å². The average molecular weight is 400 g/mol. The van der Waals surface area contributed by atoms with Crippen LogP contribution >= 0.6 is 0 Å². The third-order valence-electron chi connectivity index (χ3n) is 5.71. The first-order valence-electron chi connectivity index (χ1n) is 11.3. The molecule has 5 nitrogen and oxygen atoms in total. The molecule has 0 bridgehead atoms. The number of hydrogen-bond acceptors (Lipinski definition) is 4. The molecule has 28 heavy (non-hydrogen) atoms. The van der Waals surface area contributed by atoms with Gasteiger partial charge in [0.1, 0.15) is 0 Å². The van der Waals surface area contributed by atoms with E-state index < -0.39 is 0 Å². The average Bonchev–Trinajstić information content (AvgIpc) is 2.56. The zero-order valence-electron chi connectivity index (χ0n) is 19.3. The fourth-order valence-corrected chi connectivity index (χ4v) is 3.68. The summed E-state index contributed by atoms with van der Waals surface area (Å²) in [5.41, 5.74) is -0.353. The lowest BCUT2D eigenvalue weighted by Crippen LogP contribution is -2.45. The standard InChI is InChI=1S/C23H45NO4/c1-7-9-10-13-24(21(26)19-17-20(25)18-19)14-16-28-23(5,6)12-15-27-22(3,4)11-8-2/h19-20,25H,7-18H2,1-6H3. The minimum absolute atomic E-state index is 0.00108. The number of carbonyl (C=O) groups excluding carboxylic acids is 1. The second kappa shape index (κ2) is 12.1. The highest BCUT2D eigenvalue weighted by Gasteiger charge is 2.35. The molecule has 0 unspecified atom stereocenters. The van der Waals surface area contributed by atoms with Crippen molar-refractivity contribution in [2.45, 2.75) is 110 Å². The molecule has 5 heteroatoms. The van der Waals surface area contributed by atoms with Gasteiger partial charge in [0.25, 0.3) is 0 Å². The Labute approximate surface area is 173 Å². The molecule has 1 N–H and O–H groups in total. The summed E-state index contributed by atoms with van der Waals surface area (Å²) in [7, 11) is 0. The Bertz CT molecular complexity index is 444. The van der Waals surface area contributed by atoms with Gasteiger partial charge in [-0.2, -0.15) is 0 Å². The van der Waals surface area contributed by atoms with Gasteiger partial charge in [-0.15, -0.1) is 0 Å². The maximum atomic E-state index is 12.7. The van der Waals surface area contributed by atoms with E-state index in [-0.39, 0.29) is 29.1 Å². The first-order chi connectivity index (χ1) is 13.1. The second-order valence-electron chi connectivity index (χ2n) is 9.57.